The molecule has 0 fully saturated rings. The minimum Gasteiger partial charge on any atom is -0.387 e. The summed E-state index contributed by atoms with van der Waals surface area (Å²) in [6.07, 6.45) is -4.65. The maximum Gasteiger partial charge on any atom is 0.574 e. The van der Waals surface area contributed by atoms with Gasteiger partial charge in [0, 0.05) is 6.07 Å². The highest BCUT2D eigenvalue weighted by Gasteiger charge is 2.31. The summed E-state index contributed by atoms with van der Waals surface area (Å²) in [5.74, 6) is -0.461. The number of halogens is 3. The smallest absolute Gasteiger partial charge is 0.387 e. The lowest BCUT2D eigenvalue weighted by molar-refractivity contribution is -0.275. The molecule has 1 aromatic heterocycles. The second kappa shape index (κ2) is 2.45. The molecule has 1 aromatic rings. The molecular weight excluding hydrogens is 167 g/mol. The van der Waals surface area contributed by atoms with E-state index in [1.807, 2.05) is 0 Å². The highest BCUT2D eigenvalue weighted by Crippen LogP contribution is 2.20. The van der Waals surface area contributed by atoms with E-state index in [1.54, 1.807) is 0 Å². The van der Waals surface area contributed by atoms with Crippen molar-refractivity contribution >= 4 is 11.5 Å². The Hall–Kier alpha value is -0.780. The van der Waals surface area contributed by atoms with E-state index >= 15 is 0 Å². The fourth-order valence-corrected chi connectivity index (χ4v) is 0.727. The van der Waals surface area contributed by atoms with Crippen LogP contribution in [0.1, 0.15) is 0 Å². The Balaban J connectivity index is 2.57. The van der Waals surface area contributed by atoms with Crippen molar-refractivity contribution in [1.82, 2.24) is 4.37 Å². The number of ether oxygens (including phenoxy) is 1. The highest BCUT2D eigenvalue weighted by molar-refractivity contribution is 7.03. The number of aromatic nitrogens is 1. The van der Waals surface area contributed by atoms with Gasteiger partial charge in [0.1, 0.15) is 0 Å². The van der Waals surface area contributed by atoms with Crippen molar-refractivity contribution < 1.29 is 17.9 Å². The van der Waals surface area contributed by atoms with Crippen LogP contribution in [0.2, 0.25) is 0 Å². The third kappa shape index (κ3) is 2.22. The predicted octanol–water partition coefficient (Wildman–Crippen LogP) is 1.84. The normalized spacial score (nSPS) is 11.5. The molecule has 0 aromatic carbocycles. The van der Waals surface area contributed by atoms with Crippen LogP contribution in [-0.4, -0.2) is 10.7 Å². The van der Waals surface area contributed by atoms with Gasteiger partial charge in [0.25, 0.3) is 0 Å². The third-order valence-electron chi connectivity index (χ3n) is 0.591. The average molecular weight is 168 g/mol. The van der Waals surface area contributed by atoms with E-state index < -0.39 is 12.2 Å². The van der Waals surface area contributed by atoms with E-state index in [2.05, 4.69) is 14.5 Å². The van der Waals surface area contributed by atoms with Crippen LogP contribution < -0.4 is 4.74 Å². The largest absolute Gasteiger partial charge is 0.574 e. The zero-order chi connectivity index (χ0) is 7.61. The Morgan fingerprint density at radius 3 is 2.70 bits per heavy atom. The Kier molecular flexibility index (Phi) is 1.80. The summed E-state index contributed by atoms with van der Waals surface area (Å²) in [6, 6.07) is 1.03. The molecule has 0 unspecified atom stereocenters. The summed E-state index contributed by atoms with van der Waals surface area (Å²) in [6.45, 7) is 0. The predicted molar refractivity (Wildman–Crippen MR) is 27.6 cm³/mol. The first-order chi connectivity index (χ1) is 4.58. The van der Waals surface area contributed by atoms with Crippen LogP contribution >= 0.6 is 11.5 Å². The Bertz CT molecular complexity index is 195. The van der Waals surface area contributed by atoms with Crippen LogP contribution in [0.25, 0.3) is 0 Å². The molecular formula is C4HF3NOS. The van der Waals surface area contributed by atoms with Crippen LogP contribution in [-0.2, 0) is 0 Å². The molecule has 1 heterocycles. The minimum atomic E-state index is -4.65. The molecule has 1 radical (unpaired) electrons. The van der Waals surface area contributed by atoms with Gasteiger partial charge < -0.3 is 4.74 Å². The first kappa shape index (κ1) is 7.33. The molecule has 0 aliphatic carbocycles. The van der Waals surface area contributed by atoms with E-state index in [0.29, 0.717) is 0 Å². The molecule has 0 bridgehead atoms. The Labute approximate surface area is 58.4 Å². The first-order valence-corrected chi connectivity index (χ1v) is 2.94. The van der Waals surface area contributed by atoms with Crippen LogP contribution in [0, 0.1) is 5.38 Å². The third-order valence-corrected chi connectivity index (χ3v) is 1.09. The molecule has 0 saturated carbocycles. The maximum absolute atomic E-state index is 11.3. The zero-order valence-electron chi connectivity index (χ0n) is 4.47. The van der Waals surface area contributed by atoms with Crippen molar-refractivity contribution in [2.45, 2.75) is 6.36 Å². The summed E-state index contributed by atoms with van der Waals surface area (Å²) < 4.78 is 40.7. The van der Waals surface area contributed by atoms with Gasteiger partial charge in [-0.05, 0) is 11.5 Å². The molecule has 0 atom stereocenters. The van der Waals surface area contributed by atoms with Crippen LogP contribution in [0.3, 0.4) is 0 Å². The van der Waals surface area contributed by atoms with Crippen LogP contribution in [0.4, 0.5) is 13.2 Å². The first-order valence-electron chi connectivity index (χ1n) is 2.16. The molecule has 1 rings (SSSR count). The van der Waals surface area contributed by atoms with Gasteiger partial charge in [0.2, 0.25) is 5.88 Å². The van der Waals surface area contributed by atoms with E-state index in [4.69, 9.17) is 0 Å². The van der Waals surface area contributed by atoms with Crippen molar-refractivity contribution in [3.05, 3.63) is 11.4 Å². The molecule has 10 heavy (non-hydrogen) atoms. The number of rotatable bonds is 1. The topological polar surface area (TPSA) is 22.1 Å². The highest BCUT2D eigenvalue weighted by atomic mass is 32.1. The number of alkyl halides is 3. The van der Waals surface area contributed by atoms with Crippen molar-refractivity contribution in [2.24, 2.45) is 0 Å². The van der Waals surface area contributed by atoms with Gasteiger partial charge in [-0.2, -0.15) is 4.37 Å². The molecule has 0 amide bonds. The van der Waals surface area contributed by atoms with Crippen LogP contribution in [0.15, 0.2) is 6.07 Å². The molecule has 0 aliphatic rings. The monoisotopic (exact) mass is 168 g/mol. The van der Waals surface area contributed by atoms with Gasteiger partial charge in [-0.1, -0.05) is 0 Å². The van der Waals surface area contributed by atoms with Crippen LogP contribution in [0.5, 0.6) is 5.88 Å². The summed E-state index contributed by atoms with van der Waals surface area (Å²) in [4.78, 5) is 0. The van der Waals surface area contributed by atoms with Gasteiger partial charge in [-0.15, -0.1) is 13.2 Å². The van der Waals surface area contributed by atoms with Crippen molar-refractivity contribution in [2.75, 3.05) is 0 Å². The van der Waals surface area contributed by atoms with Crippen molar-refractivity contribution in [3.8, 4) is 5.88 Å². The van der Waals surface area contributed by atoms with Gasteiger partial charge >= 0.3 is 6.36 Å². The average Bonchev–Trinajstić information content (AvgIpc) is 2.12. The van der Waals surface area contributed by atoms with E-state index in [9.17, 15) is 13.2 Å². The van der Waals surface area contributed by atoms with Crippen molar-refractivity contribution in [1.29, 1.82) is 0 Å². The minimum absolute atomic E-state index is 0.461. The SMILES string of the molecule is FC(F)(F)Oc1c[c]sn1. The summed E-state index contributed by atoms with van der Waals surface area (Å²) in [5.41, 5.74) is 0. The lowest BCUT2D eigenvalue weighted by atomic mass is 10.7. The fourth-order valence-electron chi connectivity index (χ4n) is 0.341. The maximum atomic E-state index is 11.3. The van der Waals surface area contributed by atoms with E-state index in [0.717, 1.165) is 17.6 Å². The Morgan fingerprint density at radius 1 is 1.60 bits per heavy atom. The van der Waals surface area contributed by atoms with E-state index in [1.165, 1.54) is 0 Å². The number of hydrogen-bond donors (Lipinski definition) is 0. The molecule has 0 aliphatic heterocycles. The summed E-state index contributed by atoms with van der Waals surface area (Å²) >= 11 is 0.780. The molecule has 0 spiro atoms. The molecule has 6 heteroatoms. The quantitative estimate of drug-likeness (QED) is 0.638. The molecule has 55 valence electrons. The van der Waals surface area contributed by atoms with Gasteiger partial charge in [-0.25, -0.2) is 0 Å². The lowest BCUT2D eigenvalue weighted by Gasteiger charge is -2.03. The molecule has 0 saturated heterocycles. The van der Waals surface area contributed by atoms with Gasteiger partial charge in [0.15, 0.2) is 0 Å². The molecule has 0 N–H and O–H groups in total. The number of nitrogens with zero attached hydrogens (tertiary/aromatic N) is 1. The van der Waals surface area contributed by atoms with Crippen molar-refractivity contribution in [3.63, 3.8) is 0 Å². The molecule has 2 nitrogen and oxygen atoms in total. The van der Waals surface area contributed by atoms with E-state index in [-0.39, 0.29) is 0 Å². The number of hydrogen-bond acceptors (Lipinski definition) is 3. The Morgan fingerprint density at radius 2 is 2.30 bits per heavy atom. The second-order valence-electron chi connectivity index (χ2n) is 1.33. The summed E-state index contributed by atoms with van der Waals surface area (Å²) in [7, 11) is 0. The lowest BCUT2D eigenvalue weighted by Crippen LogP contribution is -2.17. The second-order valence-corrected chi connectivity index (χ2v) is 1.93. The van der Waals surface area contributed by atoms with Gasteiger partial charge in [-0.3, -0.25) is 0 Å². The standard InChI is InChI=1S/C4HF3NOS/c5-4(6,7)9-3-1-2-10-8-3/h1H. The summed E-state index contributed by atoms with van der Waals surface area (Å²) in [5, 5.41) is 2.36. The van der Waals surface area contributed by atoms with Gasteiger partial charge in [0.05, 0.1) is 5.38 Å². The fraction of sp³-hybridized carbons (Fsp3) is 0.250. The zero-order valence-corrected chi connectivity index (χ0v) is 5.29.